The molecule has 0 heterocycles. The minimum absolute atomic E-state index is 0.407. The van der Waals surface area contributed by atoms with Crippen molar-refractivity contribution in [1.29, 1.82) is 0 Å². The first kappa shape index (κ1) is 27.9. The van der Waals surface area contributed by atoms with Crippen LogP contribution in [0.5, 0.6) is 0 Å². The second-order valence-corrected chi connectivity index (χ2v) is 9.83. The minimum atomic E-state index is -1.28. The second-order valence-electron chi connectivity index (χ2n) is 9.83. The van der Waals surface area contributed by atoms with Gasteiger partial charge in [0, 0.05) is 12.7 Å². The highest BCUT2D eigenvalue weighted by Gasteiger charge is 2.34. The van der Waals surface area contributed by atoms with Gasteiger partial charge in [0.1, 0.15) is 17.7 Å². The fourth-order valence-electron chi connectivity index (χ4n) is 3.70. The first-order valence-electron chi connectivity index (χ1n) is 11.6. The van der Waals surface area contributed by atoms with Crippen LogP contribution in [0.2, 0.25) is 0 Å². The van der Waals surface area contributed by atoms with Crippen molar-refractivity contribution in [2.24, 2.45) is 0 Å². The fraction of sp³-hybridized carbons (Fsp3) is 0.444. The quantitative estimate of drug-likeness (QED) is 0.553. The SMILES string of the molecule is Cc1ccc(C(C(=O)Nc2c(C)cccc2C)N(C)C(=O)C(CO)NC(=O)OC(C)(C)C)cc1C. The molecule has 35 heavy (non-hydrogen) atoms. The molecule has 0 aromatic heterocycles. The van der Waals surface area contributed by atoms with E-state index in [4.69, 9.17) is 4.74 Å². The van der Waals surface area contributed by atoms with Gasteiger partial charge in [-0.1, -0.05) is 36.4 Å². The Morgan fingerprint density at radius 2 is 1.57 bits per heavy atom. The van der Waals surface area contributed by atoms with E-state index in [9.17, 15) is 19.5 Å². The molecule has 2 aromatic rings. The predicted octanol–water partition coefficient (Wildman–Crippen LogP) is 3.94. The van der Waals surface area contributed by atoms with Crippen LogP contribution in [0.15, 0.2) is 36.4 Å². The van der Waals surface area contributed by atoms with Gasteiger partial charge in [0.25, 0.3) is 5.91 Å². The zero-order valence-corrected chi connectivity index (χ0v) is 21.9. The number of aliphatic hydroxyl groups is 1. The van der Waals surface area contributed by atoms with E-state index in [2.05, 4.69) is 10.6 Å². The van der Waals surface area contributed by atoms with E-state index in [0.717, 1.165) is 22.3 Å². The maximum absolute atomic E-state index is 13.6. The van der Waals surface area contributed by atoms with Crippen LogP contribution in [0.1, 0.15) is 54.6 Å². The van der Waals surface area contributed by atoms with Crippen molar-refractivity contribution in [3.05, 3.63) is 64.2 Å². The van der Waals surface area contributed by atoms with Gasteiger partial charge in [-0.15, -0.1) is 0 Å². The Labute approximate surface area is 207 Å². The number of carbonyl (C=O) groups is 3. The van der Waals surface area contributed by atoms with Crippen molar-refractivity contribution in [2.45, 2.75) is 66.2 Å². The summed E-state index contributed by atoms with van der Waals surface area (Å²) >= 11 is 0. The average Bonchev–Trinajstić information content (AvgIpc) is 2.75. The molecule has 0 saturated heterocycles. The Balaban J connectivity index is 2.41. The molecular formula is C27H37N3O5. The van der Waals surface area contributed by atoms with Crippen LogP contribution in [0, 0.1) is 27.7 Å². The third kappa shape index (κ3) is 7.29. The number of rotatable bonds is 7. The summed E-state index contributed by atoms with van der Waals surface area (Å²) in [5.74, 6) is -1.03. The first-order valence-corrected chi connectivity index (χ1v) is 11.6. The number of hydrogen-bond acceptors (Lipinski definition) is 5. The number of alkyl carbamates (subject to hydrolysis) is 1. The molecule has 0 spiro atoms. The first-order chi connectivity index (χ1) is 16.2. The predicted molar refractivity (Wildman–Crippen MR) is 136 cm³/mol. The molecule has 0 aliphatic rings. The summed E-state index contributed by atoms with van der Waals surface area (Å²) in [6, 6.07) is 8.98. The lowest BCUT2D eigenvalue weighted by molar-refractivity contribution is -0.139. The highest BCUT2D eigenvalue weighted by atomic mass is 16.6. The molecule has 8 nitrogen and oxygen atoms in total. The van der Waals surface area contributed by atoms with Crippen molar-refractivity contribution in [3.8, 4) is 0 Å². The second kappa shape index (κ2) is 11.4. The van der Waals surface area contributed by atoms with Crippen LogP contribution < -0.4 is 10.6 Å². The van der Waals surface area contributed by atoms with E-state index < -0.39 is 42.2 Å². The van der Waals surface area contributed by atoms with Gasteiger partial charge in [-0.3, -0.25) is 9.59 Å². The molecule has 2 unspecified atom stereocenters. The lowest BCUT2D eigenvalue weighted by Gasteiger charge is -2.31. The molecule has 3 amide bonds. The molecule has 0 saturated carbocycles. The Hall–Kier alpha value is -3.39. The molecule has 0 aliphatic heterocycles. The van der Waals surface area contributed by atoms with Crippen molar-refractivity contribution in [2.75, 3.05) is 19.0 Å². The number of likely N-dealkylation sites (N-methyl/N-ethyl adjacent to an activating group) is 1. The Bertz CT molecular complexity index is 1070. The summed E-state index contributed by atoms with van der Waals surface area (Å²) in [4.78, 5) is 40.4. The molecule has 0 bridgehead atoms. The van der Waals surface area contributed by atoms with Crippen LogP contribution in [0.4, 0.5) is 10.5 Å². The molecule has 190 valence electrons. The number of aliphatic hydroxyl groups excluding tert-OH is 1. The number of amides is 3. The summed E-state index contributed by atoms with van der Waals surface area (Å²) in [5.41, 5.74) is 4.33. The van der Waals surface area contributed by atoms with Gasteiger partial charge in [0.05, 0.1) is 6.61 Å². The van der Waals surface area contributed by atoms with Crippen LogP contribution in [-0.2, 0) is 14.3 Å². The average molecular weight is 484 g/mol. The molecule has 8 heteroatoms. The molecule has 2 atom stereocenters. The number of nitrogens with one attached hydrogen (secondary N) is 2. The summed E-state index contributed by atoms with van der Waals surface area (Å²) in [7, 11) is 1.48. The molecule has 0 fully saturated rings. The lowest BCUT2D eigenvalue weighted by Crippen LogP contribution is -2.52. The number of aryl methyl sites for hydroxylation is 4. The Kier molecular flexibility index (Phi) is 9.04. The number of ether oxygens (including phenoxy) is 1. The van der Waals surface area contributed by atoms with E-state index in [1.807, 2.05) is 58.0 Å². The summed E-state index contributed by atoms with van der Waals surface area (Å²) in [6.07, 6.45) is -0.832. The van der Waals surface area contributed by atoms with Gasteiger partial charge in [0.15, 0.2) is 0 Å². The number of nitrogens with zero attached hydrogens (tertiary/aromatic N) is 1. The van der Waals surface area contributed by atoms with E-state index in [0.29, 0.717) is 11.3 Å². The zero-order valence-electron chi connectivity index (χ0n) is 21.9. The van der Waals surface area contributed by atoms with Crippen molar-refractivity contribution in [1.82, 2.24) is 10.2 Å². The van der Waals surface area contributed by atoms with Crippen LogP contribution >= 0.6 is 0 Å². The van der Waals surface area contributed by atoms with Crippen molar-refractivity contribution < 1.29 is 24.2 Å². The van der Waals surface area contributed by atoms with Gasteiger partial charge in [0.2, 0.25) is 5.91 Å². The zero-order chi connectivity index (χ0) is 26.5. The highest BCUT2D eigenvalue weighted by molar-refractivity contribution is 5.99. The molecule has 3 N–H and O–H groups in total. The van der Waals surface area contributed by atoms with Crippen LogP contribution in [0.25, 0.3) is 0 Å². The van der Waals surface area contributed by atoms with Crippen LogP contribution in [0.3, 0.4) is 0 Å². The number of para-hydroxylation sites is 1. The standard InChI is InChI=1S/C27H37N3O5/c1-16-12-13-20(14-19(16)4)23(24(32)29-22-17(2)10-9-11-18(22)3)30(8)25(33)21(15-31)28-26(34)35-27(5,6)7/h9-14,21,23,31H,15H2,1-8H3,(H,28,34)(H,29,32). The third-order valence-electron chi connectivity index (χ3n) is 5.73. The maximum Gasteiger partial charge on any atom is 0.408 e. The van der Waals surface area contributed by atoms with Crippen molar-refractivity contribution in [3.63, 3.8) is 0 Å². The molecule has 2 rings (SSSR count). The monoisotopic (exact) mass is 483 g/mol. The molecule has 2 aromatic carbocycles. The van der Waals surface area contributed by atoms with Gasteiger partial charge >= 0.3 is 6.09 Å². The maximum atomic E-state index is 13.6. The number of anilines is 1. The normalized spacial score (nSPS) is 12.9. The fourth-order valence-corrected chi connectivity index (χ4v) is 3.70. The van der Waals surface area contributed by atoms with Gasteiger partial charge in [-0.2, -0.15) is 0 Å². The third-order valence-corrected chi connectivity index (χ3v) is 5.73. The molecular weight excluding hydrogens is 446 g/mol. The Morgan fingerprint density at radius 3 is 2.09 bits per heavy atom. The van der Waals surface area contributed by atoms with E-state index >= 15 is 0 Å². The lowest BCUT2D eigenvalue weighted by atomic mass is 9.98. The summed E-state index contributed by atoms with van der Waals surface area (Å²) in [5, 5.41) is 15.2. The smallest absolute Gasteiger partial charge is 0.408 e. The van der Waals surface area contributed by atoms with E-state index in [1.54, 1.807) is 26.8 Å². The van der Waals surface area contributed by atoms with E-state index in [1.165, 1.54) is 11.9 Å². The minimum Gasteiger partial charge on any atom is -0.444 e. The number of hydrogen-bond donors (Lipinski definition) is 3. The number of benzene rings is 2. The highest BCUT2D eigenvalue weighted by Crippen LogP contribution is 2.27. The molecule has 0 radical (unpaired) electrons. The van der Waals surface area contributed by atoms with Gasteiger partial charge < -0.3 is 25.4 Å². The van der Waals surface area contributed by atoms with Crippen molar-refractivity contribution >= 4 is 23.6 Å². The summed E-state index contributed by atoms with van der Waals surface area (Å²) in [6.45, 7) is 12.1. The van der Waals surface area contributed by atoms with Crippen LogP contribution in [-0.4, -0.2) is 53.2 Å². The van der Waals surface area contributed by atoms with E-state index in [-0.39, 0.29) is 0 Å². The summed E-state index contributed by atoms with van der Waals surface area (Å²) < 4.78 is 5.22. The topological polar surface area (TPSA) is 108 Å². The Morgan fingerprint density at radius 1 is 0.971 bits per heavy atom. The largest absolute Gasteiger partial charge is 0.444 e. The van der Waals surface area contributed by atoms with Gasteiger partial charge in [-0.25, -0.2) is 4.79 Å². The molecule has 0 aliphatic carbocycles. The van der Waals surface area contributed by atoms with Gasteiger partial charge in [-0.05, 0) is 76.3 Å². The number of carbonyl (C=O) groups excluding carboxylic acids is 3.